The van der Waals surface area contributed by atoms with Gasteiger partial charge in [-0.3, -0.25) is 23.9 Å². The molecule has 5 rings (SSSR count). The number of hydrazine groups is 1. The van der Waals surface area contributed by atoms with Gasteiger partial charge in [-0.25, -0.2) is 10.9 Å². The lowest BCUT2D eigenvalue weighted by Crippen LogP contribution is -2.54. The quantitative estimate of drug-likeness (QED) is 0.356. The highest BCUT2D eigenvalue weighted by Gasteiger charge is 2.51. The topological polar surface area (TPSA) is 114 Å². The average Bonchev–Trinajstić information content (AvgIpc) is 2.89. The predicted octanol–water partition coefficient (Wildman–Crippen LogP) is 1.49. The van der Waals surface area contributed by atoms with Gasteiger partial charge in [0.15, 0.2) is 5.43 Å². The third-order valence-electron chi connectivity index (χ3n) is 6.11. The molecule has 8 nitrogen and oxygen atoms in total. The van der Waals surface area contributed by atoms with E-state index in [0.717, 1.165) is 19.3 Å². The van der Waals surface area contributed by atoms with E-state index >= 15 is 0 Å². The van der Waals surface area contributed by atoms with Gasteiger partial charge in [-0.2, -0.15) is 0 Å². The Hall–Kier alpha value is -3.00. The summed E-state index contributed by atoms with van der Waals surface area (Å²) in [4.78, 5) is 46.6. The minimum absolute atomic E-state index is 0.216. The molecular formula is C19H19N5O3. The van der Waals surface area contributed by atoms with Crippen molar-refractivity contribution in [2.45, 2.75) is 44.7 Å². The van der Waals surface area contributed by atoms with Crippen molar-refractivity contribution in [1.29, 1.82) is 0 Å². The van der Waals surface area contributed by atoms with E-state index in [-0.39, 0.29) is 27.6 Å². The van der Waals surface area contributed by atoms with E-state index in [9.17, 15) is 14.4 Å². The smallest absolute Gasteiger partial charge is 0.287 e. The highest BCUT2D eigenvalue weighted by Crippen LogP contribution is 2.42. The zero-order valence-electron chi connectivity index (χ0n) is 14.9. The summed E-state index contributed by atoms with van der Waals surface area (Å²) in [6.07, 6.45) is 7.14. The van der Waals surface area contributed by atoms with Gasteiger partial charge in [-0.05, 0) is 44.2 Å². The number of amides is 1. The zero-order chi connectivity index (χ0) is 18.9. The van der Waals surface area contributed by atoms with Crippen LogP contribution in [-0.2, 0) is 5.66 Å². The minimum atomic E-state index is -0.842. The number of nitrogens with two attached hydrogens (primary N) is 1. The number of carbonyl (C=O) groups is 1. The first-order valence-corrected chi connectivity index (χ1v) is 9.12. The summed E-state index contributed by atoms with van der Waals surface area (Å²) in [5, 5.41) is 1.83. The number of aromatic nitrogens is 3. The number of nitrogens with zero attached hydrogens (tertiary/aromatic N) is 3. The molecule has 0 bridgehead atoms. The number of pyridine rings is 3. The van der Waals surface area contributed by atoms with Gasteiger partial charge in [-0.15, -0.1) is 0 Å². The second-order valence-corrected chi connectivity index (χ2v) is 7.46. The fraction of sp³-hybridized carbons (Fsp3) is 0.368. The molecular weight excluding hydrogens is 346 g/mol. The van der Waals surface area contributed by atoms with Gasteiger partial charge in [0, 0.05) is 12.4 Å². The third-order valence-corrected chi connectivity index (χ3v) is 6.11. The van der Waals surface area contributed by atoms with Gasteiger partial charge in [0.1, 0.15) is 16.9 Å². The lowest BCUT2D eigenvalue weighted by atomic mass is 9.88. The molecule has 0 aromatic carbocycles. The molecule has 3 aromatic rings. The average molecular weight is 365 g/mol. The second kappa shape index (κ2) is 5.26. The fourth-order valence-corrected chi connectivity index (χ4v) is 4.79. The van der Waals surface area contributed by atoms with Crippen LogP contribution in [0.25, 0.3) is 21.8 Å². The summed E-state index contributed by atoms with van der Waals surface area (Å²) >= 11 is 0. The Labute approximate surface area is 153 Å². The predicted molar refractivity (Wildman–Crippen MR) is 100 cm³/mol. The van der Waals surface area contributed by atoms with Crippen LogP contribution in [0.4, 0.5) is 0 Å². The minimum Gasteiger partial charge on any atom is -0.350 e. The van der Waals surface area contributed by atoms with Crippen LogP contribution in [0.15, 0.2) is 28.0 Å². The van der Waals surface area contributed by atoms with E-state index in [1.54, 1.807) is 19.2 Å². The van der Waals surface area contributed by atoms with E-state index in [4.69, 9.17) is 5.84 Å². The van der Waals surface area contributed by atoms with E-state index in [1.165, 1.54) is 15.8 Å². The zero-order valence-corrected chi connectivity index (χ0v) is 14.9. The molecule has 0 atom stereocenters. The molecule has 1 aliphatic carbocycles. The van der Waals surface area contributed by atoms with Crippen LogP contribution in [0, 0.1) is 6.92 Å². The SMILES string of the molecule is Cc1c2n(c(=O)c3[nH]c4ccncc4c(=O)c13)C1(CCCCC1)N(N)C2=O. The molecule has 0 saturated heterocycles. The molecule has 1 aliphatic heterocycles. The number of aromatic amines is 1. The van der Waals surface area contributed by atoms with Gasteiger partial charge >= 0.3 is 0 Å². The maximum Gasteiger partial charge on any atom is 0.287 e. The standard InChI is InChI=1S/C19H19N5O3/c1-10-13-14(22-12-5-8-21-9-11(12)16(13)25)17(26)23-15(10)18(27)24(20)19(23)6-3-2-4-7-19/h5,8-9H,2-4,6-7,20H2,1H3,(H,22,25). The van der Waals surface area contributed by atoms with Gasteiger partial charge in [-0.1, -0.05) is 6.42 Å². The van der Waals surface area contributed by atoms with Crippen LogP contribution in [0.5, 0.6) is 0 Å². The molecule has 8 heteroatoms. The lowest BCUT2D eigenvalue weighted by molar-refractivity contribution is 0.0126. The van der Waals surface area contributed by atoms with Gasteiger partial charge < -0.3 is 4.98 Å². The summed E-state index contributed by atoms with van der Waals surface area (Å²) in [6, 6.07) is 1.67. The van der Waals surface area contributed by atoms with Crippen LogP contribution in [0.3, 0.4) is 0 Å². The first-order valence-electron chi connectivity index (χ1n) is 9.12. The number of aryl methyl sites for hydroxylation is 1. The van der Waals surface area contributed by atoms with Crippen molar-refractivity contribution < 1.29 is 4.79 Å². The Bertz CT molecular complexity index is 1250. The van der Waals surface area contributed by atoms with Gasteiger partial charge in [0.05, 0.1) is 16.3 Å². The molecule has 2 aliphatic rings. The summed E-state index contributed by atoms with van der Waals surface area (Å²) < 4.78 is 1.54. The Morgan fingerprint density at radius 3 is 2.67 bits per heavy atom. The Kier molecular flexibility index (Phi) is 3.16. The van der Waals surface area contributed by atoms with Crippen LogP contribution in [-0.4, -0.2) is 25.5 Å². The number of fused-ring (bicyclic) bond motifs is 4. The first kappa shape index (κ1) is 16.2. The Morgan fingerprint density at radius 1 is 1.19 bits per heavy atom. The van der Waals surface area contributed by atoms with Crippen molar-refractivity contribution in [3.8, 4) is 0 Å². The maximum atomic E-state index is 13.5. The van der Waals surface area contributed by atoms with Crippen molar-refractivity contribution >= 4 is 27.7 Å². The summed E-state index contributed by atoms with van der Waals surface area (Å²) in [5.41, 5.74) is -0.0372. The van der Waals surface area contributed by atoms with E-state index in [1.807, 2.05) is 0 Å². The lowest BCUT2D eigenvalue weighted by Gasteiger charge is -2.39. The molecule has 0 unspecified atom stereocenters. The molecule has 0 radical (unpaired) electrons. The first-order chi connectivity index (χ1) is 13.0. The molecule has 3 N–H and O–H groups in total. The molecule has 1 spiro atoms. The van der Waals surface area contributed by atoms with Crippen molar-refractivity contribution in [2.24, 2.45) is 5.84 Å². The molecule has 138 valence electrons. The van der Waals surface area contributed by atoms with Crippen molar-refractivity contribution in [3.63, 3.8) is 0 Å². The fourth-order valence-electron chi connectivity index (χ4n) is 4.79. The van der Waals surface area contributed by atoms with Gasteiger partial charge in [0.2, 0.25) is 0 Å². The highest BCUT2D eigenvalue weighted by atomic mass is 16.2. The van der Waals surface area contributed by atoms with E-state index in [2.05, 4.69) is 9.97 Å². The van der Waals surface area contributed by atoms with Crippen molar-refractivity contribution in [3.05, 3.63) is 50.3 Å². The number of nitrogens with one attached hydrogen (secondary N) is 1. The van der Waals surface area contributed by atoms with Crippen LogP contribution >= 0.6 is 0 Å². The van der Waals surface area contributed by atoms with Crippen LogP contribution < -0.4 is 16.8 Å². The molecule has 4 heterocycles. The Balaban J connectivity index is 1.99. The number of H-pyrrole nitrogens is 1. The normalized spacial score (nSPS) is 18.6. The summed E-state index contributed by atoms with van der Waals surface area (Å²) in [6.45, 7) is 1.71. The molecule has 27 heavy (non-hydrogen) atoms. The van der Waals surface area contributed by atoms with Crippen LogP contribution in [0.2, 0.25) is 0 Å². The number of rotatable bonds is 0. The number of hydrogen-bond donors (Lipinski definition) is 2. The molecule has 1 saturated carbocycles. The monoisotopic (exact) mass is 365 g/mol. The molecule has 1 amide bonds. The maximum absolute atomic E-state index is 13.5. The van der Waals surface area contributed by atoms with Crippen LogP contribution in [0.1, 0.15) is 48.2 Å². The second-order valence-electron chi connectivity index (χ2n) is 7.46. The van der Waals surface area contributed by atoms with Gasteiger partial charge in [0.25, 0.3) is 11.5 Å². The number of hydrogen-bond acceptors (Lipinski definition) is 5. The largest absolute Gasteiger partial charge is 0.350 e. The highest BCUT2D eigenvalue weighted by molar-refractivity contribution is 6.02. The van der Waals surface area contributed by atoms with Crippen molar-refractivity contribution in [2.75, 3.05) is 0 Å². The van der Waals surface area contributed by atoms with Crippen molar-refractivity contribution in [1.82, 2.24) is 19.5 Å². The molecule has 3 aromatic heterocycles. The summed E-state index contributed by atoms with van der Waals surface area (Å²) in [5.74, 6) is 5.80. The number of carbonyl (C=O) groups excluding carboxylic acids is 1. The summed E-state index contributed by atoms with van der Waals surface area (Å²) in [7, 11) is 0. The van der Waals surface area contributed by atoms with E-state index in [0.29, 0.717) is 29.3 Å². The molecule has 1 fully saturated rings. The van der Waals surface area contributed by atoms with E-state index < -0.39 is 11.6 Å². The Morgan fingerprint density at radius 2 is 1.93 bits per heavy atom. The third kappa shape index (κ3) is 1.85.